The molecule has 27 heavy (non-hydrogen) atoms. The maximum Gasteiger partial charge on any atom is 0.205 e. The first-order chi connectivity index (χ1) is 12.9. The second kappa shape index (κ2) is 5.94. The molecule has 1 aromatic heterocycles. The molecule has 0 fully saturated rings. The van der Waals surface area contributed by atoms with Gasteiger partial charge < -0.3 is 23.4 Å². The van der Waals surface area contributed by atoms with Crippen LogP contribution in [-0.4, -0.2) is 26.9 Å². The van der Waals surface area contributed by atoms with Crippen molar-refractivity contribution in [1.82, 2.24) is 0 Å². The Labute approximate surface area is 155 Å². The van der Waals surface area contributed by atoms with E-state index in [0.717, 1.165) is 0 Å². The molecule has 0 aliphatic carbocycles. The van der Waals surface area contributed by atoms with Crippen LogP contribution in [-0.2, 0) is 0 Å². The van der Waals surface area contributed by atoms with Crippen LogP contribution in [0.4, 0.5) is 0 Å². The van der Waals surface area contributed by atoms with Crippen LogP contribution >= 0.6 is 0 Å². The number of fused-ring (bicyclic) bond motifs is 4. The van der Waals surface area contributed by atoms with Crippen molar-refractivity contribution in [1.29, 1.82) is 0 Å². The summed E-state index contributed by atoms with van der Waals surface area (Å²) in [5.74, 6) is 1.96. The van der Waals surface area contributed by atoms with E-state index in [1.165, 1.54) is 7.11 Å². The van der Waals surface area contributed by atoms with Crippen molar-refractivity contribution in [3.05, 3.63) is 40.1 Å². The van der Waals surface area contributed by atoms with E-state index in [1.807, 2.05) is 26.0 Å². The van der Waals surface area contributed by atoms with Gasteiger partial charge in [-0.1, -0.05) is 6.08 Å². The van der Waals surface area contributed by atoms with Crippen molar-refractivity contribution in [2.75, 3.05) is 21.3 Å². The van der Waals surface area contributed by atoms with Gasteiger partial charge in [-0.15, -0.1) is 0 Å². The van der Waals surface area contributed by atoms with Crippen LogP contribution in [0.2, 0.25) is 0 Å². The third kappa shape index (κ3) is 2.60. The van der Waals surface area contributed by atoms with E-state index in [4.69, 9.17) is 23.4 Å². The van der Waals surface area contributed by atoms with Crippen LogP contribution in [0, 0.1) is 0 Å². The third-order valence-electron chi connectivity index (χ3n) is 4.65. The maximum atomic E-state index is 13.4. The van der Waals surface area contributed by atoms with Crippen molar-refractivity contribution in [3.63, 3.8) is 0 Å². The van der Waals surface area contributed by atoms with E-state index in [2.05, 4.69) is 0 Å². The summed E-state index contributed by atoms with van der Waals surface area (Å²) in [7, 11) is 4.61. The second-order valence-corrected chi connectivity index (χ2v) is 6.87. The van der Waals surface area contributed by atoms with Gasteiger partial charge in [0.05, 0.1) is 26.7 Å². The Hall–Kier alpha value is -3.15. The normalized spacial score (nSPS) is 14.7. The van der Waals surface area contributed by atoms with E-state index < -0.39 is 5.60 Å². The highest BCUT2D eigenvalue weighted by Gasteiger charge is 2.28. The zero-order valence-electron chi connectivity index (χ0n) is 15.8. The molecule has 140 valence electrons. The minimum absolute atomic E-state index is 0.197. The molecule has 0 atom stereocenters. The largest absolute Gasteiger partial charge is 0.496 e. The van der Waals surface area contributed by atoms with Gasteiger partial charge >= 0.3 is 0 Å². The Kier molecular flexibility index (Phi) is 3.80. The van der Waals surface area contributed by atoms with Crippen LogP contribution in [0.15, 0.2) is 33.5 Å². The van der Waals surface area contributed by atoms with Crippen molar-refractivity contribution in [2.45, 2.75) is 19.4 Å². The van der Waals surface area contributed by atoms with E-state index >= 15 is 0 Å². The predicted octanol–water partition coefficient (Wildman–Crippen LogP) is 4.16. The van der Waals surface area contributed by atoms with Gasteiger partial charge in [0.1, 0.15) is 33.7 Å². The number of rotatable bonds is 3. The minimum atomic E-state index is -0.504. The van der Waals surface area contributed by atoms with E-state index in [0.29, 0.717) is 50.5 Å². The zero-order chi connectivity index (χ0) is 19.3. The average molecular weight is 368 g/mol. The Morgan fingerprint density at radius 3 is 2.26 bits per heavy atom. The number of hydrogen-bond donors (Lipinski definition) is 0. The van der Waals surface area contributed by atoms with Crippen molar-refractivity contribution >= 4 is 28.0 Å². The highest BCUT2D eigenvalue weighted by atomic mass is 16.5. The van der Waals surface area contributed by atoms with Gasteiger partial charge in [-0.3, -0.25) is 4.79 Å². The van der Waals surface area contributed by atoms with E-state index in [1.54, 1.807) is 32.4 Å². The summed E-state index contributed by atoms with van der Waals surface area (Å²) in [5.41, 5.74) is 0.726. The van der Waals surface area contributed by atoms with Gasteiger partial charge in [0.2, 0.25) is 5.43 Å². The molecule has 0 radical (unpaired) electrons. The first-order valence-electron chi connectivity index (χ1n) is 8.50. The first kappa shape index (κ1) is 17.3. The van der Waals surface area contributed by atoms with Crippen LogP contribution in [0.1, 0.15) is 19.4 Å². The molecule has 0 saturated heterocycles. The summed E-state index contributed by atoms with van der Waals surface area (Å²) in [4.78, 5) is 13.4. The van der Waals surface area contributed by atoms with E-state index in [9.17, 15) is 4.79 Å². The lowest BCUT2D eigenvalue weighted by Crippen LogP contribution is -2.28. The zero-order valence-corrected chi connectivity index (χ0v) is 15.8. The first-order valence-corrected chi connectivity index (χ1v) is 8.50. The summed E-state index contributed by atoms with van der Waals surface area (Å²) in [6.45, 7) is 3.88. The Bertz CT molecular complexity index is 1150. The van der Waals surface area contributed by atoms with Gasteiger partial charge in [0.15, 0.2) is 11.5 Å². The molecule has 0 saturated carbocycles. The summed E-state index contributed by atoms with van der Waals surface area (Å²) < 4.78 is 28.3. The molecule has 0 spiro atoms. The molecule has 2 heterocycles. The SMILES string of the molecule is COc1cc(OC)c2c(=O)c3c4c(c(OC)cc3oc2c1)OC(C)(C)C=C4. The fourth-order valence-corrected chi connectivity index (χ4v) is 3.34. The van der Waals surface area contributed by atoms with Gasteiger partial charge in [-0.05, 0) is 19.9 Å². The van der Waals surface area contributed by atoms with Gasteiger partial charge in [-0.2, -0.15) is 0 Å². The van der Waals surface area contributed by atoms with E-state index in [-0.39, 0.29) is 5.43 Å². The molecule has 0 N–H and O–H groups in total. The van der Waals surface area contributed by atoms with Crippen LogP contribution < -0.4 is 24.4 Å². The quantitative estimate of drug-likeness (QED) is 0.647. The number of ether oxygens (including phenoxy) is 4. The van der Waals surface area contributed by atoms with Crippen LogP contribution in [0.25, 0.3) is 28.0 Å². The molecule has 4 rings (SSSR count). The molecule has 0 bridgehead atoms. The van der Waals surface area contributed by atoms with Gasteiger partial charge in [-0.25, -0.2) is 0 Å². The molecule has 6 nitrogen and oxygen atoms in total. The third-order valence-corrected chi connectivity index (χ3v) is 4.65. The Morgan fingerprint density at radius 2 is 1.59 bits per heavy atom. The lowest BCUT2D eigenvalue weighted by Gasteiger charge is -2.29. The summed E-state index contributed by atoms with van der Waals surface area (Å²) in [6, 6.07) is 5.01. The predicted molar refractivity (Wildman–Crippen MR) is 103 cm³/mol. The summed E-state index contributed by atoms with van der Waals surface area (Å²) in [6.07, 6.45) is 3.78. The van der Waals surface area contributed by atoms with Crippen LogP contribution in [0.5, 0.6) is 23.0 Å². The smallest absolute Gasteiger partial charge is 0.205 e. The lowest BCUT2D eigenvalue weighted by atomic mass is 9.98. The molecule has 1 aliphatic rings. The highest BCUT2D eigenvalue weighted by molar-refractivity contribution is 6.00. The second-order valence-electron chi connectivity index (χ2n) is 6.87. The Morgan fingerprint density at radius 1 is 0.889 bits per heavy atom. The summed E-state index contributed by atoms with van der Waals surface area (Å²) in [5, 5.41) is 0.782. The van der Waals surface area contributed by atoms with Crippen molar-refractivity contribution in [2.24, 2.45) is 0 Å². The molecular weight excluding hydrogens is 348 g/mol. The van der Waals surface area contributed by atoms with Crippen LogP contribution in [0.3, 0.4) is 0 Å². The molecular formula is C21H20O6. The minimum Gasteiger partial charge on any atom is -0.496 e. The number of methoxy groups -OCH3 is 3. The maximum absolute atomic E-state index is 13.4. The van der Waals surface area contributed by atoms with Crippen molar-refractivity contribution in [3.8, 4) is 23.0 Å². The monoisotopic (exact) mass is 368 g/mol. The van der Waals surface area contributed by atoms with Gasteiger partial charge in [0, 0.05) is 23.8 Å². The fourth-order valence-electron chi connectivity index (χ4n) is 3.34. The molecule has 2 aromatic carbocycles. The molecule has 3 aromatic rings. The lowest BCUT2D eigenvalue weighted by molar-refractivity contribution is 0.152. The van der Waals surface area contributed by atoms with Crippen molar-refractivity contribution < 1.29 is 23.4 Å². The Balaban J connectivity index is 2.17. The average Bonchev–Trinajstić information content (AvgIpc) is 2.65. The standard InChI is InChI=1S/C21H20O6/c1-21(2)7-6-12-17-15(10-16(25-5)20(12)27-21)26-14-9-11(23-3)8-13(24-4)18(14)19(17)22/h6-10H,1-5H3. The fraction of sp³-hybridized carbons (Fsp3) is 0.286. The molecule has 1 aliphatic heterocycles. The topological polar surface area (TPSA) is 67.1 Å². The molecule has 6 heteroatoms. The summed E-state index contributed by atoms with van der Waals surface area (Å²) >= 11 is 0. The molecule has 0 amide bonds. The van der Waals surface area contributed by atoms with Gasteiger partial charge in [0.25, 0.3) is 0 Å². The molecule has 0 unspecified atom stereocenters. The number of hydrogen-bond acceptors (Lipinski definition) is 6. The number of benzene rings is 2. The highest BCUT2D eigenvalue weighted by Crippen LogP contribution is 2.43.